The fourth-order valence-electron chi connectivity index (χ4n) is 1.96. The summed E-state index contributed by atoms with van der Waals surface area (Å²) in [7, 11) is 0. The van der Waals surface area contributed by atoms with E-state index in [4.69, 9.17) is 11.7 Å². The minimum Gasteiger partial charge on any atom is -0.290 e. The van der Waals surface area contributed by atoms with Gasteiger partial charge in [0.1, 0.15) is 0 Å². The molecule has 1 atom stereocenters. The fraction of sp³-hybridized carbons (Fsp3) is 0.750. The number of nitriles is 1. The van der Waals surface area contributed by atoms with Crippen molar-refractivity contribution in [1.29, 1.82) is 5.26 Å². The van der Waals surface area contributed by atoms with E-state index in [1.807, 2.05) is 0 Å². The summed E-state index contributed by atoms with van der Waals surface area (Å²) in [5, 5.41) is 9.04. The maximum Gasteiger partial charge on any atom is 0.0978 e. The zero-order chi connectivity index (χ0) is 11.1. The van der Waals surface area contributed by atoms with Gasteiger partial charge in [0, 0.05) is 26.2 Å². The minimum absolute atomic E-state index is 0.1000. The van der Waals surface area contributed by atoms with E-state index in [2.05, 4.69) is 28.7 Å². The molecule has 1 unspecified atom stereocenters. The van der Waals surface area contributed by atoms with E-state index in [9.17, 15) is 0 Å². The van der Waals surface area contributed by atoms with Crippen molar-refractivity contribution in [2.24, 2.45) is 0 Å². The number of hydrogen-bond donors (Lipinski definition) is 0. The van der Waals surface area contributed by atoms with E-state index in [0.29, 0.717) is 0 Å². The number of terminal acetylenes is 1. The number of nitrogens with zero attached hydrogens (tertiary/aromatic N) is 3. The predicted molar refractivity (Wildman–Crippen MR) is 61.2 cm³/mol. The van der Waals surface area contributed by atoms with Crippen molar-refractivity contribution in [2.75, 3.05) is 32.7 Å². The van der Waals surface area contributed by atoms with Crippen molar-refractivity contribution in [2.45, 2.75) is 25.8 Å². The Balaban J connectivity index is 2.36. The standard InChI is InChI=1S/C12H19N3/c1-3-5-12(11-13)15-9-7-14(6-4-2)8-10-15/h2,12H,3,5-10H2,1H3. The Labute approximate surface area is 92.7 Å². The molecule has 0 radical (unpaired) electrons. The van der Waals surface area contributed by atoms with Gasteiger partial charge in [-0.3, -0.25) is 9.80 Å². The van der Waals surface area contributed by atoms with Gasteiger partial charge in [0.15, 0.2) is 0 Å². The van der Waals surface area contributed by atoms with Crippen LogP contribution in [0.5, 0.6) is 0 Å². The van der Waals surface area contributed by atoms with Crippen molar-refractivity contribution in [3.8, 4) is 18.4 Å². The molecule has 3 heteroatoms. The zero-order valence-electron chi connectivity index (χ0n) is 9.45. The Morgan fingerprint density at radius 1 is 1.33 bits per heavy atom. The van der Waals surface area contributed by atoms with Gasteiger partial charge in [-0.2, -0.15) is 5.26 Å². The molecule has 0 amide bonds. The lowest BCUT2D eigenvalue weighted by Gasteiger charge is -2.36. The topological polar surface area (TPSA) is 30.3 Å². The average molecular weight is 205 g/mol. The Hall–Kier alpha value is -1.03. The summed E-state index contributed by atoms with van der Waals surface area (Å²) >= 11 is 0. The van der Waals surface area contributed by atoms with E-state index in [1.54, 1.807) is 0 Å². The van der Waals surface area contributed by atoms with Crippen LogP contribution in [0.3, 0.4) is 0 Å². The highest BCUT2D eigenvalue weighted by molar-refractivity contribution is 4.95. The van der Waals surface area contributed by atoms with Crippen molar-refractivity contribution in [3.63, 3.8) is 0 Å². The van der Waals surface area contributed by atoms with Crippen LogP contribution in [-0.2, 0) is 0 Å². The van der Waals surface area contributed by atoms with Crippen LogP contribution in [0.25, 0.3) is 0 Å². The number of piperazine rings is 1. The van der Waals surface area contributed by atoms with Crippen LogP contribution in [0.15, 0.2) is 0 Å². The second-order valence-electron chi connectivity index (χ2n) is 3.95. The van der Waals surface area contributed by atoms with Gasteiger partial charge in [-0.1, -0.05) is 19.3 Å². The molecule has 1 rings (SSSR count). The highest BCUT2D eigenvalue weighted by atomic mass is 15.3. The first-order chi connectivity index (χ1) is 7.31. The lowest BCUT2D eigenvalue weighted by molar-refractivity contribution is 0.120. The monoisotopic (exact) mass is 205 g/mol. The van der Waals surface area contributed by atoms with Crippen molar-refractivity contribution < 1.29 is 0 Å². The summed E-state index contributed by atoms with van der Waals surface area (Å²) in [6.45, 7) is 6.79. The molecule has 0 aliphatic carbocycles. The third kappa shape index (κ3) is 3.55. The van der Waals surface area contributed by atoms with E-state index >= 15 is 0 Å². The van der Waals surface area contributed by atoms with Crippen LogP contribution in [0, 0.1) is 23.7 Å². The van der Waals surface area contributed by atoms with Crippen LogP contribution in [0.1, 0.15) is 19.8 Å². The second-order valence-corrected chi connectivity index (χ2v) is 3.95. The molecule has 0 spiro atoms. The molecule has 1 aliphatic heterocycles. The second kappa shape index (κ2) is 6.45. The summed E-state index contributed by atoms with van der Waals surface area (Å²) in [6, 6.07) is 2.49. The zero-order valence-corrected chi connectivity index (χ0v) is 9.45. The summed E-state index contributed by atoms with van der Waals surface area (Å²) in [6.07, 6.45) is 7.32. The molecule has 0 bridgehead atoms. The lowest BCUT2D eigenvalue weighted by atomic mass is 10.1. The fourth-order valence-corrected chi connectivity index (χ4v) is 1.96. The normalized spacial score (nSPS) is 20.5. The molecule has 0 aromatic heterocycles. The smallest absolute Gasteiger partial charge is 0.0978 e. The van der Waals surface area contributed by atoms with Gasteiger partial charge in [-0.05, 0) is 6.42 Å². The summed E-state index contributed by atoms with van der Waals surface area (Å²) < 4.78 is 0. The van der Waals surface area contributed by atoms with E-state index < -0.39 is 0 Å². The quantitative estimate of drug-likeness (QED) is 0.640. The molecule has 82 valence electrons. The first-order valence-corrected chi connectivity index (χ1v) is 5.61. The average Bonchev–Trinajstić information content (AvgIpc) is 2.28. The van der Waals surface area contributed by atoms with E-state index in [0.717, 1.165) is 45.6 Å². The van der Waals surface area contributed by atoms with Gasteiger partial charge >= 0.3 is 0 Å². The molecular formula is C12H19N3. The summed E-state index contributed by atoms with van der Waals surface area (Å²) in [5.41, 5.74) is 0. The molecule has 1 fully saturated rings. The van der Waals surface area contributed by atoms with E-state index in [-0.39, 0.29) is 6.04 Å². The molecule has 0 saturated carbocycles. The van der Waals surface area contributed by atoms with Crippen LogP contribution < -0.4 is 0 Å². The molecule has 15 heavy (non-hydrogen) atoms. The third-order valence-corrected chi connectivity index (χ3v) is 2.87. The van der Waals surface area contributed by atoms with Gasteiger partial charge < -0.3 is 0 Å². The maximum atomic E-state index is 9.04. The minimum atomic E-state index is 0.1000. The van der Waals surface area contributed by atoms with Gasteiger partial charge in [0.2, 0.25) is 0 Å². The SMILES string of the molecule is C#CCN1CCN(C(C#N)CCC)CC1. The van der Waals surface area contributed by atoms with Gasteiger partial charge in [0.25, 0.3) is 0 Å². The summed E-state index contributed by atoms with van der Waals surface area (Å²) in [5.74, 6) is 2.66. The van der Waals surface area contributed by atoms with Crippen molar-refractivity contribution in [3.05, 3.63) is 0 Å². The Kier molecular flexibility index (Phi) is 5.18. The van der Waals surface area contributed by atoms with Crippen molar-refractivity contribution >= 4 is 0 Å². The molecule has 1 saturated heterocycles. The van der Waals surface area contributed by atoms with Crippen LogP contribution in [-0.4, -0.2) is 48.6 Å². The molecule has 1 aliphatic rings. The Bertz CT molecular complexity index is 253. The van der Waals surface area contributed by atoms with Crippen molar-refractivity contribution in [1.82, 2.24) is 9.80 Å². The predicted octanol–water partition coefficient (Wildman–Crippen LogP) is 0.929. The van der Waals surface area contributed by atoms with E-state index in [1.165, 1.54) is 0 Å². The van der Waals surface area contributed by atoms with Gasteiger partial charge in [-0.15, -0.1) is 6.42 Å². The molecule has 3 nitrogen and oxygen atoms in total. The number of rotatable bonds is 4. The highest BCUT2D eigenvalue weighted by Crippen LogP contribution is 2.10. The maximum absolute atomic E-state index is 9.04. The third-order valence-electron chi connectivity index (χ3n) is 2.87. The molecule has 0 aromatic carbocycles. The molecule has 0 aromatic rings. The molecular weight excluding hydrogens is 186 g/mol. The van der Waals surface area contributed by atoms with Crippen LogP contribution in [0.2, 0.25) is 0 Å². The molecule has 0 N–H and O–H groups in total. The lowest BCUT2D eigenvalue weighted by Crippen LogP contribution is -2.49. The largest absolute Gasteiger partial charge is 0.290 e. The number of hydrogen-bond acceptors (Lipinski definition) is 3. The van der Waals surface area contributed by atoms with Gasteiger partial charge in [-0.25, -0.2) is 0 Å². The summed E-state index contributed by atoms with van der Waals surface area (Å²) in [4.78, 5) is 4.54. The first kappa shape index (κ1) is 12.0. The first-order valence-electron chi connectivity index (χ1n) is 5.61. The Morgan fingerprint density at radius 3 is 2.47 bits per heavy atom. The van der Waals surface area contributed by atoms with Gasteiger partial charge in [0.05, 0.1) is 18.7 Å². The molecule has 1 heterocycles. The Morgan fingerprint density at radius 2 is 2.00 bits per heavy atom. The van der Waals surface area contributed by atoms with Crippen LogP contribution >= 0.6 is 0 Å². The van der Waals surface area contributed by atoms with Crippen LogP contribution in [0.4, 0.5) is 0 Å². The highest BCUT2D eigenvalue weighted by Gasteiger charge is 2.22.